The van der Waals surface area contributed by atoms with Crippen LogP contribution in [-0.2, 0) is 0 Å². The summed E-state index contributed by atoms with van der Waals surface area (Å²) < 4.78 is 0.727. The van der Waals surface area contributed by atoms with Gasteiger partial charge in [0, 0.05) is 23.8 Å². The highest BCUT2D eigenvalue weighted by Crippen LogP contribution is 2.17. The number of hydrogen-bond acceptors (Lipinski definition) is 3. The number of pyridine rings is 1. The maximum atomic E-state index is 11.6. The van der Waals surface area contributed by atoms with Crippen LogP contribution in [0.5, 0.6) is 0 Å². The van der Waals surface area contributed by atoms with Gasteiger partial charge in [0.1, 0.15) is 5.15 Å². The highest BCUT2D eigenvalue weighted by atomic mass is 79.9. The molecule has 15 heavy (non-hydrogen) atoms. The molecule has 0 spiro atoms. The summed E-state index contributed by atoms with van der Waals surface area (Å²) in [5.41, 5.74) is 0.377. The van der Waals surface area contributed by atoms with Gasteiger partial charge in [0.05, 0.1) is 5.56 Å². The van der Waals surface area contributed by atoms with Gasteiger partial charge in [-0.1, -0.05) is 11.6 Å². The molecule has 0 unspecified atom stereocenters. The Morgan fingerprint density at radius 2 is 2.33 bits per heavy atom. The van der Waals surface area contributed by atoms with E-state index in [2.05, 4.69) is 31.5 Å². The van der Waals surface area contributed by atoms with Crippen LogP contribution in [0.2, 0.25) is 5.15 Å². The zero-order valence-electron chi connectivity index (χ0n) is 8.18. The largest absolute Gasteiger partial charge is 0.351 e. The number of nitrogens with one attached hydrogen (secondary N) is 2. The van der Waals surface area contributed by atoms with Crippen molar-refractivity contribution in [3.05, 3.63) is 27.5 Å². The van der Waals surface area contributed by atoms with Gasteiger partial charge in [0.25, 0.3) is 5.91 Å². The van der Waals surface area contributed by atoms with Crippen LogP contribution >= 0.6 is 27.5 Å². The molecule has 0 aliphatic rings. The number of aromatic nitrogens is 1. The Kier molecular flexibility index (Phi) is 5.01. The molecule has 0 atom stereocenters. The molecule has 1 aromatic rings. The van der Waals surface area contributed by atoms with Crippen LogP contribution in [0.1, 0.15) is 10.4 Å². The first-order valence-corrected chi connectivity index (χ1v) is 5.56. The Hall–Kier alpha value is -0.650. The number of halogens is 2. The Morgan fingerprint density at radius 1 is 1.60 bits per heavy atom. The average Bonchev–Trinajstić information content (AvgIpc) is 2.22. The molecule has 0 saturated heterocycles. The van der Waals surface area contributed by atoms with Gasteiger partial charge in [-0.25, -0.2) is 4.98 Å². The zero-order valence-corrected chi connectivity index (χ0v) is 10.5. The van der Waals surface area contributed by atoms with Crippen molar-refractivity contribution < 1.29 is 4.79 Å². The van der Waals surface area contributed by atoms with E-state index in [1.54, 1.807) is 12.3 Å². The molecule has 0 radical (unpaired) electrons. The fraction of sp³-hybridized carbons (Fsp3) is 0.333. The summed E-state index contributed by atoms with van der Waals surface area (Å²) in [4.78, 5) is 15.5. The van der Waals surface area contributed by atoms with Crippen molar-refractivity contribution >= 4 is 33.4 Å². The summed E-state index contributed by atoms with van der Waals surface area (Å²) in [6.45, 7) is 1.27. The first-order chi connectivity index (χ1) is 7.15. The minimum absolute atomic E-state index is 0.208. The molecular weight excluding hydrogens is 281 g/mol. The second-order valence-corrected chi connectivity index (χ2v) is 4.13. The van der Waals surface area contributed by atoms with Gasteiger partial charge in [-0.15, -0.1) is 0 Å². The van der Waals surface area contributed by atoms with Crippen LogP contribution in [0.25, 0.3) is 0 Å². The van der Waals surface area contributed by atoms with Gasteiger partial charge in [0.15, 0.2) is 0 Å². The second kappa shape index (κ2) is 6.05. The third-order valence-corrected chi connectivity index (χ3v) is 2.45. The monoisotopic (exact) mass is 291 g/mol. The lowest BCUT2D eigenvalue weighted by molar-refractivity contribution is 0.0954. The summed E-state index contributed by atoms with van der Waals surface area (Å²) >= 11 is 9.03. The number of carbonyl (C=O) groups excluding carboxylic acids is 1. The van der Waals surface area contributed by atoms with Gasteiger partial charge in [-0.2, -0.15) is 0 Å². The average molecular weight is 293 g/mol. The molecule has 0 fully saturated rings. The standard InChI is InChI=1S/C9H11BrClN3O/c1-12-2-3-13-9(15)7-4-6(10)5-14-8(7)11/h4-5,12H,2-3H2,1H3,(H,13,15). The molecule has 6 heteroatoms. The molecule has 2 N–H and O–H groups in total. The quantitative estimate of drug-likeness (QED) is 0.652. The Balaban J connectivity index is 2.68. The number of likely N-dealkylation sites (N-methyl/N-ethyl adjacent to an activating group) is 1. The number of amides is 1. The summed E-state index contributed by atoms with van der Waals surface area (Å²) in [7, 11) is 1.82. The molecule has 0 aliphatic heterocycles. The number of rotatable bonds is 4. The van der Waals surface area contributed by atoms with E-state index in [0.29, 0.717) is 18.7 Å². The number of hydrogen-bond donors (Lipinski definition) is 2. The van der Waals surface area contributed by atoms with E-state index < -0.39 is 0 Å². The summed E-state index contributed by atoms with van der Waals surface area (Å²) in [6.07, 6.45) is 1.55. The lowest BCUT2D eigenvalue weighted by atomic mass is 10.2. The highest BCUT2D eigenvalue weighted by molar-refractivity contribution is 9.10. The maximum Gasteiger partial charge on any atom is 0.254 e. The van der Waals surface area contributed by atoms with E-state index in [4.69, 9.17) is 11.6 Å². The molecule has 1 amide bonds. The molecule has 1 aromatic heterocycles. The van der Waals surface area contributed by atoms with E-state index in [-0.39, 0.29) is 11.1 Å². The predicted molar refractivity (Wildman–Crippen MR) is 63.2 cm³/mol. The van der Waals surface area contributed by atoms with Crippen LogP contribution in [0.4, 0.5) is 0 Å². The summed E-state index contributed by atoms with van der Waals surface area (Å²) in [5, 5.41) is 5.86. The van der Waals surface area contributed by atoms with Gasteiger partial charge < -0.3 is 10.6 Å². The first-order valence-electron chi connectivity index (χ1n) is 4.39. The van der Waals surface area contributed by atoms with E-state index in [0.717, 1.165) is 4.47 Å². The molecular formula is C9H11BrClN3O. The number of nitrogens with zero attached hydrogens (tertiary/aromatic N) is 1. The Bertz CT molecular complexity index is 359. The van der Waals surface area contributed by atoms with Crippen molar-refractivity contribution in [3.8, 4) is 0 Å². The van der Waals surface area contributed by atoms with E-state index >= 15 is 0 Å². The Labute approximate surface area is 102 Å². The lowest BCUT2D eigenvalue weighted by Crippen LogP contribution is -2.30. The third-order valence-electron chi connectivity index (χ3n) is 1.71. The van der Waals surface area contributed by atoms with Crippen LogP contribution < -0.4 is 10.6 Å². The molecule has 82 valence electrons. The highest BCUT2D eigenvalue weighted by Gasteiger charge is 2.10. The molecule has 0 aliphatic carbocycles. The van der Waals surface area contributed by atoms with Crippen molar-refractivity contribution in [2.75, 3.05) is 20.1 Å². The fourth-order valence-electron chi connectivity index (χ4n) is 0.978. The second-order valence-electron chi connectivity index (χ2n) is 2.85. The molecule has 1 heterocycles. The maximum absolute atomic E-state index is 11.6. The first kappa shape index (κ1) is 12.4. The molecule has 4 nitrogen and oxygen atoms in total. The van der Waals surface area contributed by atoms with Gasteiger partial charge in [-0.3, -0.25) is 4.79 Å². The topological polar surface area (TPSA) is 54.0 Å². The summed E-state index contributed by atoms with van der Waals surface area (Å²) in [6, 6.07) is 1.64. The van der Waals surface area contributed by atoms with Crippen molar-refractivity contribution in [2.45, 2.75) is 0 Å². The van der Waals surface area contributed by atoms with Crippen LogP contribution in [0, 0.1) is 0 Å². The molecule has 0 saturated carbocycles. The van der Waals surface area contributed by atoms with Crippen LogP contribution in [0.3, 0.4) is 0 Å². The van der Waals surface area contributed by atoms with Crippen molar-refractivity contribution in [3.63, 3.8) is 0 Å². The van der Waals surface area contributed by atoms with Crippen LogP contribution in [-0.4, -0.2) is 31.0 Å². The molecule has 1 rings (SSSR count). The fourth-order valence-corrected chi connectivity index (χ4v) is 1.50. The lowest BCUT2D eigenvalue weighted by Gasteiger charge is -2.05. The van der Waals surface area contributed by atoms with Gasteiger partial charge >= 0.3 is 0 Å². The molecule has 0 bridgehead atoms. The SMILES string of the molecule is CNCCNC(=O)c1cc(Br)cnc1Cl. The van der Waals surface area contributed by atoms with Crippen molar-refractivity contribution in [2.24, 2.45) is 0 Å². The third kappa shape index (κ3) is 3.77. The minimum Gasteiger partial charge on any atom is -0.351 e. The van der Waals surface area contributed by atoms with Gasteiger partial charge in [0.2, 0.25) is 0 Å². The Morgan fingerprint density at radius 3 is 3.00 bits per heavy atom. The number of carbonyl (C=O) groups is 1. The normalized spacial score (nSPS) is 10.1. The van der Waals surface area contributed by atoms with E-state index in [9.17, 15) is 4.79 Å². The van der Waals surface area contributed by atoms with Gasteiger partial charge in [-0.05, 0) is 29.0 Å². The summed E-state index contributed by atoms with van der Waals surface area (Å²) in [5.74, 6) is -0.218. The smallest absolute Gasteiger partial charge is 0.254 e. The predicted octanol–water partition coefficient (Wildman–Crippen LogP) is 1.45. The van der Waals surface area contributed by atoms with Crippen LogP contribution in [0.15, 0.2) is 16.7 Å². The zero-order chi connectivity index (χ0) is 11.3. The van der Waals surface area contributed by atoms with E-state index in [1.165, 1.54) is 0 Å². The minimum atomic E-state index is -0.218. The van der Waals surface area contributed by atoms with Crippen molar-refractivity contribution in [1.82, 2.24) is 15.6 Å². The van der Waals surface area contributed by atoms with Crippen molar-refractivity contribution in [1.29, 1.82) is 0 Å². The van der Waals surface area contributed by atoms with E-state index in [1.807, 2.05) is 7.05 Å². The molecule has 0 aromatic carbocycles.